The second kappa shape index (κ2) is 5.88. The lowest BCUT2D eigenvalue weighted by Gasteiger charge is -2.11. The van der Waals surface area contributed by atoms with Crippen LogP contribution in [-0.4, -0.2) is 10.2 Å². The van der Waals surface area contributed by atoms with Crippen LogP contribution in [0.1, 0.15) is 11.1 Å². The van der Waals surface area contributed by atoms with E-state index in [9.17, 15) is 4.39 Å². The SMILES string of the molecule is Fc1ccc(Cc2cccc(Cl)c2-c2cc[nH]n2)c(Cl)c1. The van der Waals surface area contributed by atoms with Crippen LogP contribution in [0.5, 0.6) is 0 Å². The van der Waals surface area contributed by atoms with E-state index in [1.165, 1.54) is 12.1 Å². The number of H-pyrrole nitrogens is 1. The molecule has 0 radical (unpaired) electrons. The van der Waals surface area contributed by atoms with Gasteiger partial charge < -0.3 is 0 Å². The molecule has 0 bridgehead atoms. The van der Waals surface area contributed by atoms with Crippen molar-refractivity contribution < 1.29 is 4.39 Å². The first-order valence-corrected chi connectivity index (χ1v) is 7.12. The minimum Gasteiger partial charge on any atom is -0.285 e. The number of rotatable bonds is 3. The standard InChI is InChI=1S/C16H11Cl2FN2/c17-13-3-1-2-11(16(13)15-6-7-20-21-15)8-10-4-5-12(19)9-14(10)18/h1-7,9H,8H2,(H,20,21). The average Bonchev–Trinajstić information content (AvgIpc) is 2.96. The maximum absolute atomic E-state index is 13.1. The second-order valence-electron chi connectivity index (χ2n) is 4.65. The molecular formula is C16H11Cl2FN2. The van der Waals surface area contributed by atoms with E-state index in [0.29, 0.717) is 16.5 Å². The zero-order valence-electron chi connectivity index (χ0n) is 10.9. The first-order valence-electron chi connectivity index (χ1n) is 6.36. The Kier molecular flexibility index (Phi) is 3.95. The Morgan fingerprint density at radius 1 is 1.00 bits per heavy atom. The number of halogens is 3. The summed E-state index contributed by atoms with van der Waals surface area (Å²) >= 11 is 12.4. The van der Waals surface area contributed by atoms with Crippen molar-refractivity contribution >= 4 is 23.2 Å². The fourth-order valence-corrected chi connectivity index (χ4v) is 2.80. The third-order valence-electron chi connectivity index (χ3n) is 3.25. The molecule has 0 atom stereocenters. The molecule has 3 aromatic rings. The van der Waals surface area contributed by atoms with Crippen molar-refractivity contribution in [1.82, 2.24) is 10.2 Å². The van der Waals surface area contributed by atoms with Crippen LogP contribution in [0.25, 0.3) is 11.3 Å². The molecular weight excluding hydrogens is 310 g/mol. The van der Waals surface area contributed by atoms with E-state index in [1.54, 1.807) is 12.3 Å². The van der Waals surface area contributed by atoms with E-state index in [2.05, 4.69) is 10.2 Å². The lowest BCUT2D eigenvalue weighted by Crippen LogP contribution is -1.95. The van der Waals surface area contributed by atoms with Crippen LogP contribution >= 0.6 is 23.2 Å². The van der Waals surface area contributed by atoms with E-state index < -0.39 is 0 Å². The summed E-state index contributed by atoms with van der Waals surface area (Å²) in [6.07, 6.45) is 2.30. The lowest BCUT2D eigenvalue weighted by atomic mass is 9.98. The Morgan fingerprint density at radius 3 is 2.57 bits per heavy atom. The molecule has 0 amide bonds. The van der Waals surface area contributed by atoms with E-state index >= 15 is 0 Å². The van der Waals surface area contributed by atoms with Crippen molar-refractivity contribution in [2.24, 2.45) is 0 Å². The summed E-state index contributed by atoms with van der Waals surface area (Å²) < 4.78 is 13.1. The normalized spacial score (nSPS) is 10.8. The second-order valence-corrected chi connectivity index (χ2v) is 5.46. The molecule has 0 saturated carbocycles. The fourth-order valence-electron chi connectivity index (χ4n) is 2.27. The summed E-state index contributed by atoms with van der Waals surface area (Å²) in [6, 6.07) is 11.9. The molecule has 1 N–H and O–H groups in total. The number of aromatic amines is 1. The first-order chi connectivity index (χ1) is 10.1. The molecule has 5 heteroatoms. The molecule has 0 aliphatic carbocycles. The van der Waals surface area contributed by atoms with Crippen LogP contribution < -0.4 is 0 Å². The van der Waals surface area contributed by atoms with Crippen molar-refractivity contribution in [2.75, 3.05) is 0 Å². The van der Waals surface area contributed by atoms with Gasteiger partial charge in [0.05, 0.1) is 10.7 Å². The van der Waals surface area contributed by atoms with Gasteiger partial charge in [0.15, 0.2) is 0 Å². The number of nitrogens with zero attached hydrogens (tertiary/aromatic N) is 1. The lowest BCUT2D eigenvalue weighted by molar-refractivity contribution is 0.627. The van der Waals surface area contributed by atoms with Crippen LogP contribution in [-0.2, 0) is 6.42 Å². The van der Waals surface area contributed by atoms with Gasteiger partial charge in [-0.2, -0.15) is 5.10 Å². The van der Waals surface area contributed by atoms with Crippen molar-refractivity contribution in [1.29, 1.82) is 0 Å². The van der Waals surface area contributed by atoms with Gasteiger partial charge in [-0.1, -0.05) is 41.4 Å². The number of nitrogens with one attached hydrogen (secondary N) is 1. The van der Waals surface area contributed by atoms with E-state index in [-0.39, 0.29) is 5.82 Å². The predicted octanol–water partition coefficient (Wildman–Crippen LogP) is 5.11. The highest BCUT2D eigenvalue weighted by molar-refractivity contribution is 6.33. The molecule has 0 aliphatic rings. The van der Waals surface area contributed by atoms with Crippen molar-refractivity contribution in [3.05, 3.63) is 75.7 Å². The Balaban J connectivity index is 2.05. The van der Waals surface area contributed by atoms with Gasteiger partial charge in [0.2, 0.25) is 0 Å². The Bertz CT molecular complexity index is 770. The number of hydrogen-bond acceptors (Lipinski definition) is 1. The summed E-state index contributed by atoms with van der Waals surface area (Å²) in [5.74, 6) is -0.345. The Labute approximate surface area is 131 Å². The van der Waals surface area contributed by atoms with Gasteiger partial charge in [-0.3, -0.25) is 5.10 Å². The van der Waals surface area contributed by atoms with Crippen molar-refractivity contribution in [3.8, 4) is 11.3 Å². The Hall–Kier alpha value is -1.84. The molecule has 0 spiro atoms. The fraction of sp³-hybridized carbons (Fsp3) is 0.0625. The maximum atomic E-state index is 13.1. The monoisotopic (exact) mass is 320 g/mol. The van der Waals surface area contributed by atoms with Gasteiger partial charge in [0, 0.05) is 16.8 Å². The zero-order chi connectivity index (χ0) is 14.8. The molecule has 106 valence electrons. The van der Waals surface area contributed by atoms with Gasteiger partial charge in [-0.15, -0.1) is 0 Å². The highest BCUT2D eigenvalue weighted by Crippen LogP contribution is 2.32. The summed E-state index contributed by atoms with van der Waals surface area (Å²) in [5.41, 5.74) is 3.47. The van der Waals surface area contributed by atoms with E-state index in [4.69, 9.17) is 23.2 Å². The molecule has 1 aromatic heterocycles. The van der Waals surface area contributed by atoms with Gasteiger partial charge in [-0.25, -0.2) is 4.39 Å². The summed E-state index contributed by atoms with van der Waals surface area (Å²) in [6.45, 7) is 0. The Morgan fingerprint density at radius 2 is 1.86 bits per heavy atom. The minimum absolute atomic E-state index is 0.345. The van der Waals surface area contributed by atoms with Gasteiger partial charge in [-0.05, 0) is 41.8 Å². The quantitative estimate of drug-likeness (QED) is 0.713. The largest absolute Gasteiger partial charge is 0.285 e. The average molecular weight is 321 g/mol. The topological polar surface area (TPSA) is 28.7 Å². The summed E-state index contributed by atoms with van der Waals surface area (Å²) in [5, 5.41) is 7.99. The van der Waals surface area contributed by atoms with E-state index in [0.717, 1.165) is 22.4 Å². The molecule has 2 aromatic carbocycles. The third-order valence-corrected chi connectivity index (χ3v) is 3.92. The number of aromatic nitrogens is 2. The molecule has 1 heterocycles. The van der Waals surface area contributed by atoms with Crippen molar-refractivity contribution in [2.45, 2.75) is 6.42 Å². The highest BCUT2D eigenvalue weighted by atomic mass is 35.5. The van der Waals surface area contributed by atoms with Gasteiger partial charge >= 0.3 is 0 Å². The van der Waals surface area contributed by atoms with Crippen LogP contribution in [0, 0.1) is 5.82 Å². The number of benzene rings is 2. The highest BCUT2D eigenvalue weighted by Gasteiger charge is 2.13. The van der Waals surface area contributed by atoms with Crippen LogP contribution in [0.4, 0.5) is 4.39 Å². The molecule has 3 rings (SSSR count). The summed E-state index contributed by atoms with van der Waals surface area (Å²) in [7, 11) is 0. The van der Waals surface area contributed by atoms with Crippen LogP contribution in [0.2, 0.25) is 10.0 Å². The van der Waals surface area contributed by atoms with Crippen molar-refractivity contribution in [3.63, 3.8) is 0 Å². The van der Waals surface area contributed by atoms with E-state index in [1.807, 2.05) is 24.3 Å². The molecule has 2 nitrogen and oxygen atoms in total. The molecule has 0 saturated heterocycles. The van der Waals surface area contributed by atoms with Crippen LogP contribution in [0.15, 0.2) is 48.7 Å². The summed E-state index contributed by atoms with van der Waals surface area (Å²) in [4.78, 5) is 0. The molecule has 0 unspecified atom stereocenters. The molecule has 21 heavy (non-hydrogen) atoms. The zero-order valence-corrected chi connectivity index (χ0v) is 12.4. The molecule has 0 fully saturated rings. The number of hydrogen-bond donors (Lipinski definition) is 1. The minimum atomic E-state index is -0.345. The van der Waals surface area contributed by atoms with Crippen LogP contribution in [0.3, 0.4) is 0 Å². The van der Waals surface area contributed by atoms with Gasteiger partial charge in [0.1, 0.15) is 5.82 Å². The maximum Gasteiger partial charge on any atom is 0.124 e. The predicted molar refractivity (Wildman–Crippen MR) is 83.2 cm³/mol. The smallest absolute Gasteiger partial charge is 0.124 e. The first kappa shape index (κ1) is 14.1. The third kappa shape index (κ3) is 2.94. The van der Waals surface area contributed by atoms with Gasteiger partial charge in [0.25, 0.3) is 0 Å². The molecule has 0 aliphatic heterocycles.